The molecular formula is C13H13BrClNO3. The summed E-state index contributed by atoms with van der Waals surface area (Å²) in [6.07, 6.45) is 0.504. The van der Waals surface area contributed by atoms with Crippen LogP contribution in [0, 0.1) is 12.8 Å². The molecule has 1 aromatic carbocycles. The highest BCUT2D eigenvalue weighted by Gasteiger charge is 2.31. The fourth-order valence-electron chi connectivity index (χ4n) is 2.18. The smallest absolute Gasteiger partial charge is 0.308 e. The molecule has 1 aliphatic heterocycles. The maximum absolute atomic E-state index is 12.3. The second-order valence-electron chi connectivity index (χ2n) is 4.66. The van der Waals surface area contributed by atoms with Gasteiger partial charge in [-0.1, -0.05) is 11.6 Å². The average Bonchev–Trinajstić information content (AvgIpc) is 2.84. The Bertz CT molecular complexity index is 524. The molecular weight excluding hydrogens is 334 g/mol. The Morgan fingerprint density at radius 1 is 1.47 bits per heavy atom. The molecule has 19 heavy (non-hydrogen) atoms. The van der Waals surface area contributed by atoms with Crippen molar-refractivity contribution in [2.45, 2.75) is 13.3 Å². The van der Waals surface area contributed by atoms with E-state index in [1.54, 1.807) is 17.0 Å². The Balaban J connectivity index is 2.19. The van der Waals surface area contributed by atoms with Crippen LogP contribution in [0.15, 0.2) is 16.6 Å². The van der Waals surface area contributed by atoms with E-state index in [9.17, 15) is 9.59 Å². The summed E-state index contributed by atoms with van der Waals surface area (Å²) in [7, 11) is 0. The summed E-state index contributed by atoms with van der Waals surface area (Å²) >= 11 is 9.38. The number of likely N-dealkylation sites (tertiary alicyclic amines) is 1. The lowest BCUT2D eigenvalue weighted by Crippen LogP contribution is -2.30. The number of carbonyl (C=O) groups excluding carboxylic acids is 1. The summed E-state index contributed by atoms with van der Waals surface area (Å²) < 4.78 is 0.774. The summed E-state index contributed by atoms with van der Waals surface area (Å²) in [6.45, 7) is 2.60. The molecule has 6 heteroatoms. The van der Waals surface area contributed by atoms with Crippen LogP contribution in [0.3, 0.4) is 0 Å². The maximum atomic E-state index is 12.3. The summed E-state index contributed by atoms with van der Waals surface area (Å²) in [5, 5.41) is 9.43. The molecule has 1 N–H and O–H groups in total. The van der Waals surface area contributed by atoms with E-state index in [0.717, 1.165) is 10.0 Å². The predicted molar refractivity (Wildman–Crippen MR) is 75.5 cm³/mol. The number of benzene rings is 1. The van der Waals surface area contributed by atoms with Crippen molar-refractivity contribution in [1.82, 2.24) is 4.90 Å². The van der Waals surface area contributed by atoms with Crippen LogP contribution >= 0.6 is 27.5 Å². The molecule has 102 valence electrons. The molecule has 2 rings (SSSR count). The van der Waals surface area contributed by atoms with Crippen molar-refractivity contribution in [2.75, 3.05) is 13.1 Å². The van der Waals surface area contributed by atoms with Crippen LogP contribution in [0.2, 0.25) is 5.02 Å². The summed E-state index contributed by atoms with van der Waals surface area (Å²) in [5.74, 6) is -1.47. The van der Waals surface area contributed by atoms with Crippen molar-refractivity contribution in [2.24, 2.45) is 5.92 Å². The number of hydrogen-bond donors (Lipinski definition) is 1. The first-order chi connectivity index (χ1) is 8.90. The van der Waals surface area contributed by atoms with Gasteiger partial charge in [-0.2, -0.15) is 0 Å². The van der Waals surface area contributed by atoms with Crippen LogP contribution in [0.25, 0.3) is 0 Å². The number of carboxylic acid groups (broad SMARTS) is 1. The van der Waals surface area contributed by atoms with Gasteiger partial charge in [0.05, 0.1) is 10.9 Å². The van der Waals surface area contributed by atoms with E-state index in [2.05, 4.69) is 15.9 Å². The van der Waals surface area contributed by atoms with Gasteiger partial charge in [0, 0.05) is 23.1 Å². The Morgan fingerprint density at radius 3 is 2.68 bits per heavy atom. The zero-order chi connectivity index (χ0) is 14.2. The average molecular weight is 347 g/mol. The Hall–Kier alpha value is -1.07. The molecule has 1 heterocycles. The molecule has 0 spiro atoms. The fourth-order valence-corrected chi connectivity index (χ4v) is 2.67. The van der Waals surface area contributed by atoms with Crippen LogP contribution in [-0.2, 0) is 4.79 Å². The first kappa shape index (κ1) is 14.3. The number of aryl methyl sites for hydroxylation is 1. The van der Waals surface area contributed by atoms with Crippen molar-refractivity contribution in [3.63, 3.8) is 0 Å². The molecule has 0 aromatic heterocycles. The van der Waals surface area contributed by atoms with Gasteiger partial charge in [0.25, 0.3) is 5.91 Å². The summed E-state index contributed by atoms with van der Waals surface area (Å²) in [6, 6.07) is 3.36. The zero-order valence-corrected chi connectivity index (χ0v) is 12.7. The number of carboxylic acids is 1. The van der Waals surface area contributed by atoms with Crippen molar-refractivity contribution < 1.29 is 14.7 Å². The quantitative estimate of drug-likeness (QED) is 0.895. The number of aliphatic carboxylic acids is 1. The van der Waals surface area contributed by atoms with E-state index in [1.165, 1.54) is 0 Å². The van der Waals surface area contributed by atoms with Crippen LogP contribution in [0.1, 0.15) is 22.3 Å². The monoisotopic (exact) mass is 345 g/mol. The van der Waals surface area contributed by atoms with Gasteiger partial charge in [0.1, 0.15) is 0 Å². The number of rotatable bonds is 2. The molecule has 1 amide bonds. The largest absolute Gasteiger partial charge is 0.481 e. The van der Waals surface area contributed by atoms with Crippen molar-refractivity contribution in [1.29, 1.82) is 0 Å². The first-order valence-corrected chi connectivity index (χ1v) is 7.05. The predicted octanol–water partition coefficient (Wildman–Crippen LogP) is 2.96. The Labute approximate surface area is 124 Å². The number of halogens is 2. The van der Waals surface area contributed by atoms with Gasteiger partial charge in [0.2, 0.25) is 0 Å². The fraction of sp³-hybridized carbons (Fsp3) is 0.385. The van der Waals surface area contributed by atoms with E-state index in [4.69, 9.17) is 16.7 Å². The minimum absolute atomic E-state index is 0.166. The second-order valence-corrected chi connectivity index (χ2v) is 5.86. The maximum Gasteiger partial charge on any atom is 0.308 e. The molecule has 0 radical (unpaired) electrons. The van der Waals surface area contributed by atoms with E-state index in [0.29, 0.717) is 23.6 Å². The van der Waals surface area contributed by atoms with Crippen LogP contribution in [0.5, 0.6) is 0 Å². The highest BCUT2D eigenvalue weighted by atomic mass is 79.9. The van der Waals surface area contributed by atoms with Crippen molar-refractivity contribution in [3.05, 3.63) is 32.8 Å². The van der Waals surface area contributed by atoms with Gasteiger partial charge in [-0.15, -0.1) is 0 Å². The van der Waals surface area contributed by atoms with E-state index >= 15 is 0 Å². The summed E-state index contributed by atoms with van der Waals surface area (Å²) in [5.41, 5.74) is 1.38. The molecule has 1 fully saturated rings. The topological polar surface area (TPSA) is 57.6 Å². The van der Waals surface area contributed by atoms with Gasteiger partial charge < -0.3 is 10.0 Å². The van der Waals surface area contributed by atoms with Gasteiger partial charge >= 0.3 is 5.97 Å². The lowest BCUT2D eigenvalue weighted by Gasteiger charge is -2.16. The van der Waals surface area contributed by atoms with E-state index in [-0.39, 0.29) is 12.5 Å². The Morgan fingerprint density at radius 2 is 2.16 bits per heavy atom. The van der Waals surface area contributed by atoms with Crippen LogP contribution < -0.4 is 0 Å². The molecule has 0 saturated carbocycles. The molecule has 1 saturated heterocycles. The number of nitrogens with zero attached hydrogens (tertiary/aromatic N) is 1. The lowest BCUT2D eigenvalue weighted by atomic mass is 10.1. The molecule has 1 unspecified atom stereocenters. The highest BCUT2D eigenvalue weighted by Crippen LogP contribution is 2.29. The van der Waals surface area contributed by atoms with Crippen molar-refractivity contribution in [3.8, 4) is 0 Å². The van der Waals surface area contributed by atoms with E-state index < -0.39 is 11.9 Å². The van der Waals surface area contributed by atoms with Gasteiger partial charge in [0.15, 0.2) is 0 Å². The SMILES string of the molecule is Cc1cc(C(=O)N2CCC(C(=O)O)C2)cc(Cl)c1Br. The summed E-state index contributed by atoms with van der Waals surface area (Å²) in [4.78, 5) is 24.8. The van der Waals surface area contributed by atoms with Gasteiger partial charge in [-0.25, -0.2) is 0 Å². The highest BCUT2D eigenvalue weighted by molar-refractivity contribution is 9.10. The van der Waals surface area contributed by atoms with Gasteiger partial charge in [-0.05, 0) is 47.0 Å². The molecule has 0 aliphatic carbocycles. The lowest BCUT2D eigenvalue weighted by molar-refractivity contribution is -0.141. The third kappa shape index (κ3) is 2.92. The molecule has 1 atom stereocenters. The molecule has 1 aromatic rings. The number of carbonyl (C=O) groups is 2. The Kier molecular flexibility index (Phi) is 4.16. The normalized spacial score (nSPS) is 18.7. The number of hydrogen-bond acceptors (Lipinski definition) is 2. The minimum atomic E-state index is -0.847. The minimum Gasteiger partial charge on any atom is -0.481 e. The third-order valence-electron chi connectivity index (χ3n) is 3.28. The standard InChI is InChI=1S/C13H13BrClNO3/c1-7-4-9(5-10(15)11(7)14)12(17)16-3-2-8(6-16)13(18)19/h4-5,8H,2-3,6H2,1H3,(H,18,19). The first-order valence-electron chi connectivity index (χ1n) is 5.88. The zero-order valence-electron chi connectivity index (χ0n) is 10.3. The van der Waals surface area contributed by atoms with E-state index in [1.807, 2.05) is 6.92 Å². The third-order valence-corrected chi connectivity index (χ3v) is 4.86. The molecule has 4 nitrogen and oxygen atoms in total. The van der Waals surface area contributed by atoms with Crippen molar-refractivity contribution >= 4 is 39.4 Å². The van der Waals surface area contributed by atoms with Gasteiger partial charge in [-0.3, -0.25) is 9.59 Å². The second kappa shape index (κ2) is 5.51. The molecule has 0 bridgehead atoms. The van der Waals surface area contributed by atoms with Crippen LogP contribution in [-0.4, -0.2) is 35.0 Å². The molecule has 1 aliphatic rings. The van der Waals surface area contributed by atoms with Crippen LogP contribution in [0.4, 0.5) is 0 Å². The number of amides is 1.